The minimum absolute atomic E-state index is 0.250. The molecule has 1 heterocycles. The summed E-state index contributed by atoms with van der Waals surface area (Å²) in [5.41, 5.74) is 18.4. The molecule has 5 heteroatoms. The van der Waals surface area contributed by atoms with Crippen molar-refractivity contribution in [1.29, 1.82) is 0 Å². The first-order valence-corrected chi connectivity index (χ1v) is 13.5. The Labute approximate surface area is 215 Å². The van der Waals surface area contributed by atoms with Gasteiger partial charge in [0.05, 0.1) is 6.10 Å². The van der Waals surface area contributed by atoms with Crippen LogP contribution in [0.5, 0.6) is 5.75 Å². The van der Waals surface area contributed by atoms with Crippen LogP contribution in [-0.2, 0) is 6.54 Å². The molecule has 2 aromatic carbocycles. The lowest BCUT2D eigenvalue weighted by Crippen LogP contribution is -2.31. The van der Waals surface area contributed by atoms with Gasteiger partial charge in [0.25, 0.3) is 0 Å². The molecule has 5 rings (SSSR count). The summed E-state index contributed by atoms with van der Waals surface area (Å²) >= 11 is 6.66. The van der Waals surface area contributed by atoms with E-state index in [0.29, 0.717) is 12.0 Å². The Morgan fingerprint density at radius 3 is 2.69 bits per heavy atom. The summed E-state index contributed by atoms with van der Waals surface area (Å²) < 4.78 is 6.25. The second kappa shape index (κ2) is 10.4. The highest BCUT2D eigenvalue weighted by Crippen LogP contribution is 2.48. The molecule has 186 valence electrons. The minimum Gasteiger partial charge on any atom is -0.490 e. The number of unbranched alkanes of at least 4 members (excludes halogenated alkanes) is 1. The van der Waals surface area contributed by atoms with Crippen LogP contribution in [0.4, 0.5) is 0 Å². The van der Waals surface area contributed by atoms with Gasteiger partial charge in [-0.1, -0.05) is 61.4 Å². The van der Waals surface area contributed by atoms with Gasteiger partial charge in [-0.3, -0.25) is 0 Å². The van der Waals surface area contributed by atoms with Crippen LogP contribution >= 0.6 is 11.6 Å². The molecule has 0 aromatic heterocycles. The summed E-state index contributed by atoms with van der Waals surface area (Å²) in [6.07, 6.45) is 12.7. The van der Waals surface area contributed by atoms with Crippen molar-refractivity contribution in [2.45, 2.75) is 76.0 Å². The van der Waals surface area contributed by atoms with Crippen LogP contribution in [-0.4, -0.2) is 29.6 Å². The number of benzene rings is 2. The SMILES string of the molecule is C[C@H](CCCCN)c1ccc(Cl)c(CN2C=C(C3(N)CC3)C(c3ccccc3OC3CC3)=CC2)c1. The van der Waals surface area contributed by atoms with Crippen molar-refractivity contribution in [3.63, 3.8) is 0 Å². The molecule has 4 N–H and O–H groups in total. The number of nitrogens with two attached hydrogens (primary N) is 2. The van der Waals surface area contributed by atoms with E-state index in [4.69, 9.17) is 27.8 Å². The van der Waals surface area contributed by atoms with E-state index < -0.39 is 0 Å². The predicted molar refractivity (Wildman–Crippen MR) is 145 cm³/mol. The summed E-state index contributed by atoms with van der Waals surface area (Å²) in [5, 5.41) is 0.824. The molecule has 0 radical (unpaired) electrons. The van der Waals surface area contributed by atoms with Crippen LogP contribution in [0.1, 0.15) is 74.5 Å². The predicted octanol–water partition coefficient (Wildman–Crippen LogP) is 6.39. The van der Waals surface area contributed by atoms with Crippen molar-refractivity contribution in [2.24, 2.45) is 11.5 Å². The largest absolute Gasteiger partial charge is 0.490 e. The van der Waals surface area contributed by atoms with Crippen molar-refractivity contribution in [3.8, 4) is 5.75 Å². The van der Waals surface area contributed by atoms with Gasteiger partial charge < -0.3 is 21.1 Å². The Morgan fingerprint density at radius 2 is 1.94 bits per heavy atom. The van der Waals surface area contributed by atoms with Gasteiger partial charge in [-0.15, -0.1) is 0 Å². The van der Waals surface area contributed by atoms with Crippen LogP contribution in [0.2, 0.25) is 5.02 Å². The van der Waals surface area contributed by atoms with Gasteiger partial charge in [-0.2, -0.15) is 0 Å². The van der Waals surface area contributed by atoms with Gasteiger partial charge >= 0.3 is 0 Å². The van der Waals surface area contributed by atoms with Crippen LogP contribution in [0.25, 0.3) is 5.57 Å². The maximum atomic E-state index is 6.81. The summed E-state index contributed by atoms with van der Waals surface area (Å²) in [6, 6.07) is 14.9. The van der Waals surface area contributed by atoms with Crippen LogP contribution in [0.15, 0.2) is 60.3 Å². The highest BCUT2D eigenvalue weighted by molar-refractivity contribution is 6.31. The molecule has 0 bridgehead atoms. The van der Waals surface area contributed by atoms with Crippen LogP contribution in [0, 0.1) is 0 Å². The molecular weight excluding hydrogens is 454 g/mol. The van der Waals surface area contributed by atoms with E-state index in [1.165, 1.54) is 22.3 Å². The average Bonchev–Trinajstić information content (AvgIpc) is 3.80. The fraction of sp³-hybridized carbons (Fsp3) is 0.467. The number of hydrogen-bond acceptors (Lipinski definition) is 4. The quantitative estimate of drug-likeness (QED) is 0.357. The normalized spacial score (nSPS) is 19.7. The average molecular weight is 492 g/mol. The molecule has 3 aliphatic rings. The fourth-order valence-corrected chi connectivity index (χ4v) is 5.13. The lowest BCUT2D eigenvalue weighted by atomic mass is 9.89. The van der Waals surface area contributed by atoms with Crippen LogP contribution in [0.3, 0.4) is 0 Å². The Kier molecular flexibility index (Phi) is 7.24. The molecule has 2 aliphatic carbocycles. The zero-order valence-corrected chi connectivity index (χ0v) is 21.6. The van der Waals surface area contributed by atoms with Crippen molar-refractivity contribution in [1.82, 2.24) is 4.90 Å². The highest BCUT2D eigenvalue weighted by atomic mass is 35.5. The molecule has 2 saturated carbocycles. The number of halogens is 1. The Hall–Kier alpha value is -2.27. The van der Waals surface area contributed by atoms with Gasteiger partial charge in [-0.25, -0.2) is 0 Å². The lowest BCUT2D eigenvalue weighted by Gasteiger charge is -2.31. The van der Waals surface area contributed by atoms with Gasteiger partial charge in [-0.05, 0) is 85.4 Å². The molecule has 1 aliphatic heterocycles. The number of ether oxygens (including phenoxy) is 1. The van der Waals surface area contributed by atoms with E-state index in [-0.39, 0.29) is 5.54 Å². The van der Waals surface area contributed by atoms with Crippen molar-refractivity contribution < 1.29 is 4.74 Å². The van der Waals surface area contributed by atoms with E-state index in [1.54, 1.807) is 0 Å². The summed E-state index contributed by atoms with van der Waals surface area (Å²) in [4.78, 5) is 2.35. The molecule has 1 atom stereocenters. The molecule has 0 amide bonds. The van der Waals surface area contributed by atoms with Crippen LogP contribution < -0.4 is 16.2 Å². The number of nitrogens with zero attached hydrogens (tertiary/aromatic N) is 1. The van der Waals surface area contributed by atoms with E-state index in [9.17, 15) is 0 Å². The smallest absolute Gasteiger partial charge is 0.127 e. The first-order chi connectivity index (χ1) is 17.0. The summed E-state index contributed by atoms with van der Waals surface area (Å²) in [6.45, 7) is 4.65. The van der Waals surface area contributed by atoms with E-state index in [0.717, 1.165) is 80.9 Å². The van der Waals surface area contributed by atoms with E-state index in [1.807, 2.05) is 0 Å². The van der Waals surface area contributed by atoms with Crippen molar-refractivity contribution in [3.05, 3.63) is 82.0 Å². The monoisotopic (exact) mass is 491 g/mol. The number of rotatable bonds is 11. The Morgan fingerprint density at radius 1 is 1.14 bits per heavy atom. The zero-order chi connectivity index (χ0) is 24.4. The highest BCUT2D eigenvalue weighted by Gasteiger charge is 2.45. The standard InChI is InChI=1S/C30H38ClN3O/c1-21(6-4-5-16-32)22-9-12-28(31)23(18-22)19-34-17-13-25(27(20-34)30(33)14-15-30)26-7-2-3-8-29(26)35-24-10-11-24/h2-3,7-9,12-13,18,20-21,24H,4-6,10-11,14-17,19,32-33H2,1H3/t21-/m1/s1. The lowest BCUT2D eigenvalue weighted by molar-refractivity contribution is 0.302. The second-order valence-corrected chi connectivity index (χ2v) is 11.0. The van der Waals surface area contributed by atoms with E-state index in [2.05, 4.69) is 66.6 Å². The van der Waals surface area contributed by atoms with Gasteiger partial charge in [0.15, 0.2) is 0 Å². The first kappa shape index (κ1) is 24.4. The van der Waals surface area contributed by atoms with Gasteiger partial charge in [0.1, 0.15) is 5.75 Å². The Balaban J connectivity index is 1.37. The van der Waals surface area contributed by atoms with Gasteiger partial charge in [0, 0.05) is 35.4 Å². The molecule has 35 heavy (non-hydrogen) atoms. The molecular formula is C30H38ClN3O. The van der Waals surface area contributed by atoms with Crippen molar-refractivity contribution in [2.75, 3.05) is 13.1 Å². The minimum atomic E-state index is -0.250. The molecule has 2 aromatic rings. The second-order valence-electron chi connectivity index (χ2n) is 10.6. The van der Waals surface area contributed by atoms with Crippen molar-refractivity contribution >= 4 is 17.2 Å². The maximum Gasteiger partial charge on any atom is 0.127 e. The summed E-state index contributed by atoms with van der Waals surface area (Å²) in [7, 11) is 0. The fourth-order valence-electron chi connectivity index (χ4n) is 4.95. The topological polar surface area (TPSA) is 64.5 Å². The Bertz CT molecular complexity index is 1120. The maximum absolute atomic E-state index is 6.81. The number of para-hydroxylation sites is 1. The van der Waals surface area contributed by atoms with Gasteiger partial charge in [0.2, 0.25) is 0 Å². The summed E-state index contributed by atoms with van der Waals surface area (Å²) in [5.74, 6) is 1.47. The third kappa shape index (κ3) is 5.77. The molecule has 0 saturated heterocycles. The molecule has 2 fully saturated rings. The molecule has 0 spiro atoms. The third-order valence-corrected chi connectivity index (χ3v) is 7.92. The third-order valence-electron chi connectivity index (χ3n) is 7.56. The molecule has 4 nitrogen and oxygen atoms in total. The van der Waals surface area contributed by atoms with E-state index >= 15 is 0 Å². The zero-order valence-electron chi connectivity index (χ0n) is 20.8. The number of hydrogen-bond donors (Lipinski definition) is 2. The molecule has 0 unspecified atom stereocenters. The first-order valence-electron chi connectivity index (χ1n) is 13.2.